The van der Waals surface area contributed by atoms with Gasteiger partial charge in [0.15, 0.2) is 4.34 Å². The summed E-state index contributed by atoms with van der Waals surface area (Å²) in [5.41, 5.74) is -0.385. The standard InChI is InChI=1S/C10H16ClN3O4S2/c1-13(2)6-4-3-5-12-20(17,18)9-7-8(14(15)16)10(11)19-9/h7,12H,3-6H2,1-2H3. The normalized spacial score (nSPS) is 12.0. The zero-order valence-electron chi connectivity index (χ0n) is 11.1. The monoisotopic (exact) mass is 341 g/mol. The van der Waals surface area contributed by atoms with Gasteiger partial charge >= 0.3 is 0 Å². The minimum atomic E-state index is -3.73. The molecule has 0 saturated heterocycles. The van der Waals surface area contributed by atoms with Gasteiger partial charge in [0.2, 0.25) is 10.0 Å². The summed E-state index contributed by atoms with van der Waals surface area (Å²) in [5, 5.41) is 10.6. The van der Waals surface area contributed by atoms with E-state index in [9.17, 15) is 18.5 Å². The average Bonchev–Trinajstić information content (AvgIpc) is 2.71. The Bertz CT molecular complexity index is 571. The summed E-state index contributed by atoms with van der Waals surface area (Å²) in [4.78, 5) is 11.9. The van der Waals surface area contributed by atoms with Crippen molar-refractivity contribution in [2.24, 2.45) is 0 Å². The predicted molar refractivity (Wildman–Crippen MR) is 79.0 cm³/mol. The van der Waals surface area contributed by atoms with Gasteiger partial charge in [0.25, 0.3) is 5.69 Å². The number of hydrogen-bond donors (Lipinski definition) is 1. The molecular formula is C10H16ClN3O4S2. The molecule has 1 aromatic heterocycles. The van der Waals surface area contributed by atoms with Crippen LogP contribution in [-0.4, -0.2) is 45.4 Å². The van der Waals surface area contributed by atoms with Crippen LogP contribution in [0.1, 0.15) is 12.8 Å². The Morgan fingerprint density at radius 3 is 2.60 bits per heavy atom. The van der Waals surface area contributed by atoms with Crippen molar-refractivity contribution in [2.45, 2.75) is 17.1 Å². The van der Waals surface area contributed by atoms with E-state index in [0.29, 0.717) is 24.3 Å². The topological polar surface area (TPSA) is 92.6 Å². The van der Waals surface area contributed by atoms with Crippen LogP contribution in [0.5, 0.6) is 0 Å². The van der Waals surface area contributed by atoms with Gasteiger partial charge in [-0.2, -0.15) is 0 Å². The largest absolute Gasteiger partial charge is 0.309 e. The third-order valence-electron chi connectivity index (χ3n) is 2.43. The van der Waals surface area contributed by atoms with Crippen molar-refractivity contribution in [1.29, 1.82) is 0 Å². The highest BCUT2D eigenvalue weighted by Gasteiger charge is 2.24. The van der Waals surface area contributed by atoms with Gasteiger partial charge in [0, 0.05) is 12.6 Å². The Morgan fingerprint density at radius 2 is 2.10 bits per heavy atom. The molecule has 0 aliphatic heterocycles. The van der Waals surface area contributed by atoms with Crippen molar-refractivity contribution < 1.29 is 13.3 Å². The second-order valence-corrected chi connectivity index (χ2v) is 8.04. The molecule has 0 bridgehead atoms. The molecule has 0 unspecified atom stereocenters. The number of hydrogen-bond acceptors (Lipinski definition) is 6. The highest BCUT2D eigenvalue weighted by molar-refractivity contribution is 7.91. The van der Waals surface area contributed by atoms with E-state index < -0.39 is 14.9 Å². The van der Waals surface area contributed by atoms with Crippen LogP contribution in [0.15, 0.2) is 10.3 Å². The molecule has 20 heavy (non-hydrogen) atoms. The lowest BCUT2D eigenvalue weighted by Gasteiger charge is -2.09. The highest BCUT2D eigenvalue weighted by Crippen LogP contribution is 2.35. The molecule has 0 aromatic carbocycles. The van der Waals surface area contributed by atoms with Gasteiger partial charge in [-0.1, -0.05) is 11.6 Å². The van der Waals surface area contributed by atoms with E-state index >= 15 is 0 Å². The number of halogens is 1. The summed E-state index contributed by atoms with van der Waals surface area (Å²) in [6.45, 7) is 1.16. The molecule has 1 rings (SSSR count). The van der Waals surface area contributed by atoms with Gasteiger partial charge in [-0.05, 0) is 33.5 Å². The first kappa shape index (κ1) is 17.3. The Balaban J connectivity index is 2.61. The fourth-order valence-electron chi connectivity index (χ4n) is 1.43. The summed E-state index contributed by atoms with van der Waals surface area (Å²) in [7, 11) is 0.153. The SMILES string of the molecule is CN(C)CCCCNS(=O)(=O)c1cc([N+](=O)[O-])c(Cl)s1. The number of nitro groups is 1. The lowest BCUT2D eigenvalue weighted by atomic mass is 10.3. The van der Waals surface area contributed by atoms with Crippen molar-refractivity contribution in [3.8, 4) is 0 Å². The zero-order chi connectivity index (χ0) is 15.3. The maximum atomic E-state index is 11.9. The Labute approximate surface area is 126 Å². The van der Waals surface area contributed by atoms with Crippen molar-refractivity contribution >= 4 is 38.6 Å². The van der Waals surface area contributed by atoms with Crippen LogP contribution in [0.4, 0.5) is 5.69 Å². The van der Waals surface area contributed by atoms with Crippen LogP contribution >= 0.6 is 22.9 Å². The lowest BCUT2D eigenvalue weighted by Crippen LogP contribution is -2.24. The van der Waals surface area contributed by atoms with E-state index in [2.05, 4.69) is 4.72 Å². The first-order valence-electron chi connectivity index (χ1n) is 5.82. The fourth-order valence-corrected chi connectivity index (χ4v) is 4.21. The van der Waals surface area contributed by atoms with Gasteiger partial charge in [-0.15, -0.1) is 11.3 Å². The minimum Gasteiger partial charge on any atom is -0.309 e. The summed E-state index contributed by atoms with van der Waals surface area (Å²) in [6.07, 6.45) is 1.56. The van der Waals surface area contributed by atoms with E-state index in [1.54, 1.807) is 0 Å². The minimum absolute atomic E-state index is 0.136. The van der Waals surface area contributed by atoms with E-state index in [1.807, 2.05) is 19.0 Å². The number of unbranched alkanes of at least 4 members (excludes halogenated alkanes) is 1. The summed E-state index contributed by atoms with van der Waals surface area (Å²) >= 11 is 6.33. The first-order valence-corrected chi connectivity index (χ1v) is 8.50. The first-order chi connectivity index (χ1) is 9.24. The average molecular weight is 342 g/mol. The van der Waals surface area contributed by atoms with Crippen molar-refractivity contribution in [3.63, 3.8) is 0 Å². The van der Waals surface area contributed by atoms with Gasteiger partial charge < -0.3 is 4.90 Å². The van der Waals surface area contributed by atoms with Crippen LogP contribution in [0.25, 0.3) is 0 Å². The number of thiophene rings is 1. The third kappa shape index (κ3) is 4.98. The number of nitrogens with zero attached hydrogens (tertiary/aromatic N) is 2. The van der Waals surface area contributed by atoms with E-state index in [4.69, 9.17) is 11.6 Å². The van der Waals surface area contributed by atoms with Crippen LogP contribution in [-0.2, 0) is 10.0 Å². The van der Waals surface area contributed by atoms with Crippen LogP contribution in [0.3, 0.4) is 0 Å². The fraction of sp³-hybridized carbons (Fsp3) is 0.600. The number of nitrogens with one attached hydrogen (secondary N) is 1. The van der Waals surface area contributed by atoms with E-state index in [1.165, 1.54) is 0 Å². The van der Waals surface area contributed by atoms with Crippen molar-refractivity contribution in [2.75, 3.05) is 27.2 Å². The quantitative estimate of drug-likeness (QED) is 0.443. The van der Waals surface area contributed by atoms with Crippen molar-refractivity contribution in [3.05, 3.63) is 20.5 Å². The lowest BCUT2D eigenvalue weighted by molar-refractivity contribution is -0.384. The Hall–Kier alpha value is -0.740. The summed E-state index contributed by atoms with van der Waals surface area (Å²) in [5.74, 6) is 0. The second kappa shape index (κ2) is 7.32. The molecule has 0 amide bonds. The van der Waals surface area contributed by atoms with E-state index in [0.717, 1.165) is 19.0 Å². The highest BCUT2D eigenvalue weighted by atomic mass is 35.5. The third-order valence-corrected chi connectivity index (χ3v) is 5.70. The van der Waals surface area contributed by atoms with Gasteiger partial charge in [-0.25, -0.2) is 13.1 Å². The molecule has 0 aliphatic carbocycles. The molecule has 0 radical (unpaired) electrons. The van der Waals surface area contributed by atoms with Crippen LogP contribution in [0, 0.1) is 10.1 Å². The molecule has 7 nitrogen and oxygen atoms in total. The molecule has 1 aromatic rings. The van der Waals surface area contributed by atoms with Crippen molar-refractivity contribution in [1.82, 2.24) is 9.62 Å². The molecular weight excluding hydrogens is 326 g/mol. The number of sulfonamides is 1. The molecule has 0 aliphatic rings. The van der Waals surface area contributed by atoms with Crippen LogP contribution < -0.4 is 4.72 Å². The van der Waals surface area contributed by atoms with Crippen LogP contribution in [0.2, 0.25) is 4.34 Å². The molecule has 1 heterocycles. The molecule has 1 N–H and O–H groups in total. The van der Waals surface area contributed by atoms with Gasteiger partial charge in [0.1, 0.15) is 4.21 Å². The second-order valence-electron chi connectivity index (χ2n) is 4.39. The Kier molecular flexibility index (Phi) is 6.34. The maximum Gasteiger partial charge on any atom is 0.300 e. The predicted octanol–water partition coefficient (Wildman–Crippen LogP) is 1.93. The molecule has 10 heteroatoms. The van der Waals surface area contributed by atoms with Gasteiger partial charge in [0.05, 0.1) is 4.92 Å². The number of rotatable bonds is 8. The smallest absolute Gasteiger partial charge is 0.300 e. The van der Waals surface area contributed by atoms with Gasteiger partial charge in [-0.3, -0.25) is 10.1 Å². The van der Waals surface area contributed by atoms with E-state index in [-0.39, 0.29) is 14.2 Å². The molecule has 114 valence electrons. The molecule has 0 atom stereocenters. The maximum absolute atomic E-state index is 11.9. The molecule has 0 spiro atoms. The summed E-state index contributed by atoms with van der Waals surface area (Å²) in [6, 6.07) is 0.981. The Morgan fingerprint density at radius 1 is 1.45 bits per heavy atom. The summed E-state index contributed by atoms with van der Waals surface area (Å²) < 4.78 is 26.0. The zero-order valence-corrected chi connectivity index (χ0v) is 13.5. The molecule has 0 saturated carbocycles. The molecule has 0 fully saturated rings.